The van der Waals surface area contributed by atoms with Gasteiger partial charge in [0.15, 0.2) is 0 Å². The fourth-order valence-corrected chi connectivity index (χ4v) is 1.76. The van der Waals surface area contributed by atoms with Gasteiger partial charge in [0.2, 0.25) is 0 Å². The van der Waals surface area contributed by atoms with E-state index in [4.69, 9.17) is 6.42 Å². The molecule has 92 valence electrons. The Kier molecular flexibility index (Phi) is 4.11. The van der Waals surface area contributed by atoms with Crippen LogP contribution in [0.2, 0.25) is 0 Å². The van der Waals surface area contributed by atoms with Gasteiger partial charge in [-0.25, -0.2) is 0 Å². The highest BCUT2D eigenvalue weighted by molar-refractivity contribution is 5.61. The number of pyridine rings is 1. The van der Waals surface area contributed by atoms with Crippen molar-refractivity contribution in [3.05, 3.63) is 36.3 Å². The van der Waals surface area contributed by atoms with Gasteiger partial charge in [-0.1, -0.05) is 12.8 Å². The second-order valence-corrected chi connectivity index (χ2v) is 4.02. The normalized spacial score (nSPS) is 12.0. The summed E-state index contributed by atoms with van der Waals surface area (Å²) in [6.07, 6.45) is 11.7. The predicted octanol–water partition coefficient (Wildman–Crippen LogP) is 1.97. The van der Waals surface area contributed by atoms with E-state index in [0.29, 0.717) is 6.54 Å². The number of H-pyrrole nitrogens is 1. The summed E-state index contributed by atoms with van der Waals surface area (Å²) >= 11 is 0. The first-order valence-corrected chi connectivity index (χ1v) is 5.97. The number of hydrogen-bond donors (Lipinski definition) is 2. The summed E-state index contributed by atoms with van der Waals surface area (Å²) in [5.41, 5.74) is 3.11. The van der Waals surface area contributed by atoms with Crippen molar-refractivity contribution in [1.82, 2.24) is 20.5 Å². The van der Waals surface area contributed by atoms with Crippen molar-refractivity contribution in [2.45, 2.75) is 25.9 Å². The van der Waals surface area contributed by atoms with Crippen LogP contribution in [-0.2, 0) is 6.54 Å². The second kappa shape index (κ2) is 5.99. The van der Waals surface area contributed by atoms with E-state index in [-0.39, 0.29) is 6.04 Å². The van der Waals surface area contributed by atoms with Gasteiger partial charge in [-0.05, 0) is 18.6 Å². The summed E-state index contributed by atoms with van der Waals surface area (Å²) in [6.45, 7) is 2.76. The zero-order valence-corrected chi connectivity index (χ0v) is 10.4. The molecule has 0 saturated carbocycles. The summed E-state index contributed by atoms with van der Waals surface area (Å²) in [5.74, 6) is 2.72. The molecule has 0 bridgehead atoms. The third-order valence-electron chi connectivity index (χ3n) is 2.82. The maximum atomic E-state index is 5.43. The average molecular weight is 240 g/mol. The second-order valence-electron chi connectivity index (χ2n) is 4.02. The molecule has 0 aromatic carbocycles. The van der Waals surface area contributed by atoms with Crippen molar-refractivity contribution in [2.24, 2.45) is 0 Å². The monoisotopic (exact) mass is 240 g/mol. The lowest BCUT2D eigenvalue weighted by atomic mass is 10.1. The smallest absolute Gasteiger partial charge is 0.0710 e. The van der Waals surface area contributed by atoms with Crippen LogP contribution >= 0.6 is 0 Å². The van der Waals surface area contributed by atoms with Crippen molar-refractivity contribution >= 4 is 0 Å². The third-order valence-corrected chi connectivity index (χ3v) is 2.82. The topological polar surface area (TPSA) is 53.6 Å². The molecule has 0 radical (unpaired) electrons. The van der Waals surface area contributed by atoms with Gasteiger partial charge in [-0.2, -0.15) is 5.10 Å². The zero-order chi connectivity index (χ0) is 12.8. The van der Waals surface area contributed by atoms with Crippen LogP contribution in [0.5, 0.6) is 0 Å². The summed E-state index contributed by atoms with van der Waals surface area (Å²) in [7, 11) is 0. The van der Waals surface area contributed by atoms with Crippen molar-refractivity contribution in [3.8, 4) is 23.6 Å². The highest BCUT2D eigenvalue weighted by atomic mass is 15.1. The highest BCUT2D eigenvalue weighted by Crippen LogP contribution is 2.19. The predicted molar refractivity (Wildman–Crippen MR) is 71.6 cm³/mol. The van der Waals surface area contributed by atoms with E-state index in [1.807, 2.05) is 24.5 Å². The molecule has 4 heteroatoms. The van der Waals surface area contributed by atoms with E-state index in [2.05, 4.69) is 33.3 Å². The van der Waals surface area contributed by atoms with Crippen LogP contribution in [0.3, 0.4) is 0 Å². The SMILES string of the molecule is C#CC(CC)NCc1cn[nH]c1-c1cccnc1. The van der Waals surface area contributed by atoms with Crippen LogP contribution < -0.4 is 5.32 Å². The Morgan fingerprint density at radius 3 is 3.06 bits per heavy atom. The summed E-state index contributed by atoms with van der Waals surface area (Å²) in [6, 6.07) is 4.01. The first-order valence-electron chi connectivity index (χ1n) is 5.97. The lowest BCUT2D eigenvalue weighted by molar-refractivity contribution is 0.593. The van der Waals surface area contributed by atoms with E-state index in [0.717, 1.165) is 23.2 Å². The van der Waals surface area contributed by atoms with Crippen LogP contribution in [0.25, 0.3) is 11.3 Å². The Hall–Kier alpha value is -2.12. The van der Waals surface area contributed by atoms with Crippen LogP contribution in [0.15, 0.2) is 30.7 Å². The number of rotatable bonds is 5. The summed E-state index contributed by atoms with van der Waals surface area (Å²) < 4.78 is 0. The molecular weight excluding hydrogens is 224 g/mol. The minimum atomic E-state index is 0.0987. The van der Waals surface area contributed by atoms with Crippen LogP contribution in [0.4, 0.5) is 0 Å². The molecule has 18 heavy (non-hydrogen) atoms. The number of nitrogens with zero attached hydrogens (tertiary/aromatic N) is 2. The number of hydrogen-bond acceptors (Lipinski definition) is 3. The Balaban J connectivity index is 2.12. The largest absolute Gasteiger partial charge is 0.299 e. The van der Waals surface area contributed by atoms with Gasteiger partial charge in [-0.3, -0.25) is 15.4 Å². The van der Waals surface area contributed by atoms with E-state index in [1.54, 1.807) is 6.20 Å². The summed E-state index contributed by atoms with van der Waals surface area (Å²) in [4.78, 5) is 4.11. The first-order chi connectivity index (χ1) is 8.85. The van der Waals surface area contributed by atoms with Crippen molar-refractivity contribution in [1.29, 1.82) is 0 Å². The quantitative estimate of drug-likeness (QED) is 0.786. The molecule has 2 aromatic rings. The molecular formula is C14H16N4. The lowest BCUT2D eigenvalue weighted by Crippen LogP contribution is -2.26. The fraction of sp³-hybridized carbons (Fsp3) is 0.286. The van der Waals surface area contributed by atoms with Gasteiger partial charge in [-0.15, -0.1) is 6.42 Å². The van der Waals surface area contributed by atoms with Crippen LogP contribution in [0, 0.1) is 12.3 Å². The molecule has 0 aliphatic heterocycles. The molecule has 2 rings (SSSR count). The highest BCUT2D eigenvalue weighted by Gasteiger charge is 2.09. The molecule has 0 aliphatic carbocycles. The maximum absolute atomic E-state index is 5.43. The van der Waals surface area contributed by atoms with Crippen LogP contribution in [0.1, 0.15) is 18.9 Å². The van der Waals surface area contributed by atoms with Crippen LogP contribution in [-0.4, -0.2) is 21.2 Å². The molecule has 2 aromatic heterocycles. The van der Waals surface area contributed by atoms with E-state index >= 15 is 0 Å². The molecule has 1 atom stereocenters. The molecule has 1 unspecified atom stereocenters. The molecule has 4 nitrogen and oxygen atoms in total. The maximum Gasteiger partial charge on any atom is 0.0710 e. The molecule has 0 aliphatic rings. The molecule has 0 fully saturated rings. The Labute approximate surface area is 107 Å². The Bertz CT molecular complexity index is 524. The minimum absolute atomic E-state index is 0.0987. The zero-order valence-electron chi connectivity index (χ0n) is 10.4. The van der Waals surface area contributed by atoms with Gasteiger partial charge in [0, 0.05) is 30.1 Å². The molecule has 0 saturated heterocycles. The Morgan fingerprint density at radius 1 is 1.50 bits per heavy atom. The number of nitrogens with one attached hydrogen (secondary N) is 2. The average Bonchev–Trinajstić information content (AvgIpc) is 2.89. The fourth-order valence-electron chi connectivity index (χ4n) is 1.76. The molecule has 0 spiro atoms. The third kappa shape index (κ3) is 2.76. The molecule has 0 amide bonds. The van der Waals surface area contributed by atoms with Crippen molar-refractivity contribution < 1.29 is 0 Å². The van der Waals surface area contributed by atoms with Crippen molar-refractivity contribution in [3.63, 3.8) is 0 Å². The van der Waals surface area contributed by atoms with Gasteiger partial charge < -0.3 is 0 Å². The van der Waals surface area contributed by atoms with Gasteiger partial charge in [0.25, 0.3) is 0 Å². The van der Waals surface area contributed by atoms with Gasteiger partial charge >= 0.3 is 0 Å². The van der Waals surface area contributed by atoms with E-state index in [1.165, 1.54) is 0 Å². The minimum Gasteiger partial charge on any atom is -0.299 e. The number of aromatic amines is 1. The number of aromatic nitrogens is 3. The number of terminal acetylenes is 1. The van der Waals surface area contributed by atoms with E-state index in [9.17, 15) is 0 Å². The van der Waals surface area contributed by atoms with Crippen molar-refractivity contribution in [2.75, 3.05) is 0 Å². The standard InChI is InChI=1S/C14H16N4/c1-3-13(4-2)16-9-12-10-17-18-14(12)11-6-5-7-15-8-11/h1,5-8,10,13,16H,4,9H2,2H3,(H,17,18). The molecule has 2 heterocycles. The lowest BCUT2D eigenvalue weighted by Gasteiger charge is -2.10. The van der Waals surface area contributed by atoms with Gasteiger partial charge in [0.1, 0.15) is 0 Å². The first kappa shape index (κ1) is 12.3. The summed E-state index contributed by atoms with van der Waals surface area (Å²) in [5, 5.41) is 10.4. The van der Waals surface area contributed by atoms with E-state index < -0.39 is 0 Å². The molecule has 2 N–H and O–H groups in total. The van der Waals surface area contributed by atoms with Gasteiger partial charge in [0.05, 0.1) is 17.9 Å². The Morgan fingerprint density at radius 2 is 2.39 bits per heavy atom.